The Bertz CT molecular complexity index is 397. The number of nitrogens with two attached hydrogens (primary N) is 1. The maximum atomic E-state index is 11.1. The van der Waals surface area contributed by atoms with Crippen molar-refractivity contribution in [3.63, 3.8) is 0 Å². The number of rotatable bonds is 3. The summed E-state index contributed by atoms with van der Waals surface area (Å²) in [5.41, 5.74) is -0.930. The molecule has 0 atom stereocenters. The van der Waals surface area contributed by atoms with Crippen molar-refractivity contribution in [1.82, 2.24) is 9.55 Å². The number of hydrogen-bond acceptors (Lipinski definition) is 4. The smallest absolute Gasteiger partial charge is 0.303 e. The van der Waals surface area contributed by atoms with Crippen molar-refractivity contribution in [2.75, 3.05) is 6.61 Å². The molecule has 1 aromatic rings. The summed E-state index contributed by atoms with van der Waals surface area (Å²) in [5.74, 6) is 4.80. The molecule has 0 aliphatic rings. The van der Waals surface area contributed by atoms with E-state index in [1.165, 1.54) is 10.8 Å². The van der Waals surface area contributed by atoms with E-state index in [-0.39, 0.29) is 6.61 Å². The highest BCUT2D eigenvalue weighted by Crippen LogP contribution is 1.97. The first-order chi connectivity index (χ1) is 6.15. The van der Waals surface area contributed by atoms with Gasteiger partial charge in [-0.05, 0) is 15.9 Å². The number of nitrogens with one attached hydrogen (secondary N) is 1. The maximum absolute atomic E-state index is 11.1. The van der Waals surface area contributed by atoms with E-state index in [0.717, 1.165) is 0 Å². The lowest BCUT2D eigenvalue weighted by Gasteiger charge is -2.02. The summed E-state index contributed by atoms with van der Waals surface area (Å²) in [6.45, 7) is 0.503. The van der Waals surface area contributed by atoms with Crippen LogP contribution in [0.2, 0.25) is 0 Å². The van der Waals surface area contributed by atoms with Crippen LogP contribution in [0.15, 0.2) is 20.3 Å². The van der Waals surface area contributed by atoms with Gasteiger partial charge in [-0.3, -0.25) is 14.3 Å². The molecule has 0 aromatic carbocycles. The van der Waals surface area contributed by atoms with Crippen molar-refractivity contribution < 1.29 is 4.84 Å². The molecular weight excluding hydrogens is 242 g/mol. The van der Waals surface area contributed by atoms with Gasteiger partial charge >= 0.3 is 5.69 Å². The van der Waals surface area contributed by atoms with Gasteiger partial charge in [0.15, 0.2) is 0 Å². The molecule has 1 rings (SSSR count). The monoisotopic (exact) mass is 249 g/mol. The topological polar surface area (TPSA) is 90.1 Å². The van der Waals surface area contributed by atoms with E-state index < -0.39 is 11.2 Å². The average Bonchev–Trinajstić information content (AvgIpc) is 2.09. The first-order valence-corrected chi connectivity index (χ1v) is 4.25. The summed E-state index contributed by atoms with van der Waals surface area (Å²) in [7, 11) is 0. The van der Waals surface area contributed by atoms with Crippen LogP contribution < -0.4 is 17.1 Å². The molecule has 0 saturated carbocycles. The largest absolute Gasteiger partial charge is 0.328 e. The highest BCUT2D eigenvalue weighted by Gasteiger charge is 2.00. The van der Waals surface area contributed by atoms with Crippen LogP contribution in [0.4, 0.5) is 0 Å². The lowest BCUT2D eigenvalue weighted by atomic mass is 10.6. The Kier molecular flexibility index (Phi) is 3.40. The minimum atomic E-state index is -0.481. The third-order valence-electron chi connectivity index (χ3n) is 1.42. The number of halogens is 1. The number of aromatic amines is 1. The van der Waals surface area contributed by atoms with Crippen LogP contribution in [-0.2, 0) is 11.4 Å². The summed E-state index contributed by atoms with van der Waals surface area (Å²) in [6, 6.07) is 0. The van der Waals surface area contributed by atoms with E-state index in [2.05, 4.69) is 25.8 Å². The molecule has 72 valence electrons. The standard InChI is InChI=1S/C6H8BrN3O3/c7-4-3-10(1-2-13-8)6(12)9-5(4)11/h3H,1-2,8H2,(H,9,11,12). The molecule has 0 fully saturated rings. The van der Waals surface area contributed by atoms with Gasteiger partial charge in [0.05, 0.1) is 17.6 Å². The van der Waals surface area contributed by atoms with Gasteiger partial charge in [-0.2, -0.15) is 0 Å². The van der Waals surface area contributed by atoms with Gasteiger partial charge in [0.2, 0.25) is 0 Å². The van der Waals surface area contributed by atoms with Gasteiger partial charge in [0.1, 0.15) is 0 Å². The van der Waals surface area contributed by atoms with Crippen LogP contribution in [0.25, 0.3) is 0 Å². The van der Waals surface area contributed by atoms with Crippen molar-refractivity contribution in [3.8, 4) is 0 Å². The minimum Gasteiger partial charge on any atom is -0.303 e. The SMILES string of the molecule is NOCCn1cc(Br)c(=O)[nH]c1=O. The van der Waals surface area contributed by atoms with Crippen molar-refractivity contribution in [2.24, 2.45) is 5.90 Å². The molecule has 0 spiro atoms. The van der Waals surface area contributed by atoms with Crippen LogP contribution in [0, 0.1) is 0 Å². The Morgan fingerprint density at radius 3 is 2.92 bits per heavy atom. The van der Waals surface area contributed by atoms with Gasteiger partial charge < -0.3 is 4.84 Å². The molecule has 0 saturated heterocycles. The second-order valence-corrected chi connectivity index (χ2v) is 3.15. The highest BCUT2D eigenvalue weighted by molar-refractivity contribution is 9.10. The zero-order chi connectivity index (χ0) is 9.84. The highest BCUT2D eigenvalue weighted by atomic mass is 79.9. The third kappa shape index (κ3) is 2.51. The Balaban J connectivity index is 3.02. The van der Waals surface area contributed by atoms with E-state index in [9.17, 15) is 9.59 Å². The molecule has 6 nitrogen and oxygen atoms in total. The number of H-pyrrole nitrogens is 1. The van der Waals surface area contributed by atoms with Gasteiger partial charge in [0, 0.05) is 6.20 Å². The Morgan fingerprint density at radius 2 is 2.31 bits per heavy atom. The van der Waals surface area contributed by atoms with Gasteiger partial charge in [-0.25, -0.2) is 10.7 Å². The average molecular weight is 250 g/mol. The lowest BCUT2D eigenvalue weighted by Crippen LogP contribution is -2.31. The molecule has 1 aromatic heterocycles. The van der Waals surface area contributed by atoms with Gasteiger partial charge in [-0.1, -0.05) is 0 Å². The van der Waals surface area contributed by atoms with Gasteiger partial charge in [0.25, 0.3) is 5.56 Å². The van der Waals surface area contributed by atoms with Crippen LogP contribution in [-0.4, -0.2) is 16.2 Å². The zero-order valence-corrected chi connectivity index (χ0v) is 8.20. The van der Waals surface area contributed by atoms with Crippen molar-refractivity contribution >= 4 is 15.9 Å². The molecule has 0 unspecified atom stereocenters. The molecular formula is C6H8BrN3O3. The predicted molar refractivity (Wildman–Crippen MR) is 49.2 cm³/mol. The second kappa shape index (κ2) is 4.35. The Labute approximate surface area is 81.4 Å². The van der Waals surface area contributed by atoms with Crippen molar-refractivity contribution in [1.29, 1.82) is 0 Å². The molecule has 1 heterocycles. The first-order valence-electron chi connectivity index (χ1n) is 3.46. The maximum Gasteiger partial charge on any atom is 0.328 e. The fourth-order valence-electron chi connectivity index (χ4n) is 0.800. The number of nitrogens with zero attached hydrogens (tertiary/aromatic N) is 1. The summed E-state index contributed by atoms with van der Waals surface area (Å²) >= 11 is 3.00. The summed E-state index contributed by atoms with van der Waals surface area (Å²) < 4.78 is 1.59. The van der Waals surface area contributed by atoms with E-state index in [4.69, 9.17) is 5.90 Å². The van der Waals surface area contributed by atoms with E-state index >= 15 is 0 Å². The summed E-state index contributed by atoms with van der Waals surface area (Å²) in [4.78, 5) is 28.4. The molecule has 0 amide bonds. The predicted octanol–water partition coefficient (Wildman–Crippen LogP) is -0.811. The van der Waals surface area contributed by atoms with E-state index in [1.54, 1.807) is 0 Å². The zero-order valence-electron chi connectivity index (χ0n) is 6.62. The van der Waals surface area contributed by atoms with Crippen molar-refractivity contribution in [2.45, 2.75) is 6.54 Å². The first kappa shape index (κ1) is 10.2. The minimum absolute atomic E-state index is 0.207. The molecule has 0 radical (unpaired) electrons. The summed E-state index contributed by atoms with van der Waals surface area (Å²) in [6.07, 6.45) is 1.39. The third-order valence-corrected chi connectivity index (χ3v) is 1.98. The quantitative estimate of drug-likeness (QED) is 0.686. The van der Waals surface area contributed by atoms with Crippen LogP contribution in [0.5, 0.6) is 0 Å². The normalized spacial score (nSPS) is 10.3. The molecule has 0 aliphatic heterocycles. The molecule has 13 heavy (non-hydrogen) atoms. The van der Waals surface area contributed by atoms with Crippen molar-refractivity contribution in [3.05, 3.63) is 31.5 Å². The lowest BCUT2D eigenvalue weighted by molar-refractivity contribution is 0.128. The Hall–Kier alpha value is -0.920. The number of hydrogen-bond donors (Lipinski definition) is 2. The van der Waals surface area contributed by atoms with E-state index in [0.29, 0.717) is 11.0 Å². The Morgan fingerprint density at radius 1 is 1.62 bits per heavy atom. The van der Waals surface area contributed by atoms with Crippen LogP contribution in [0.3, 0.4) is 0 Å². The summed E-state index contributed by atoms with van der Waals surface area (Å²) in [5, 5.41) is 0. The van der Waals surface area contributed by atoms with E-state index in [1.807, 2.05) is 0 Å². The van der Waals surface area contributed by atoms with Crippen LogP contribution in [0.1, 0.15) is 0 Å². The second-order valence-electron chi connectivity index (χ2n) is 2.30. The van der Waals surface area contributed by atoms with Crippen LogP contribution >= 0.6 is 15.9 Å². The molecule has 3 N–H and O–H groups in total. The number of aromatic nitrogens is 2. The van der Waals surface area contributed by atoms with Gasteiger partial charge in [-0.15, -0.1) is 0 Å². The molecule has 0 aliphatic carbocycles. The fraction of sp³-hybridized carbons (Fsp3) is 0.333. The molecule has 7 heteroatoms. The fourth-order valence-corrected chi connectivity index (χ4v) is 1.15. The molecule has 0 bridgehead atoms.